The van der Waals surface area contributed by atoms with Gasteiger partial charge in [-0.25, -0.2) is 0 Å². The first-order valence-electron chi connectivity index (χ1n) is 11.8. The highest BCUT2D eigenvalue weighted by Crippen LogP contribution is 2.39. The van der Waals surface area contributed by atoms with Gasteiger partial charge in [0, 0.05) is 9.75 Å². The van der Waals surface area contributed by atoms with Crippen LogP contribution >= 0.6 is 57.5 Å². The number of nitrogens with zero attached hydrogens (tertiary/aromatic N) is 4. The molecule has 2 amide bonds. The average molecular weight is 587 g/mol. The number of carbonyl (C=O) groups is 2. The predicted octanol–water partition coefficient (Wildman–Crippen LogP) is 5.62. The van der Waals surface area contributed by atoms with Gasteiger partial charge in [0.25, 0.3) is 0 Å². The smallest absolute Gasteiger partial charge is 0.235 e. The Bertz CT molecular complexity index is 1320. The molecule has 2 N–H and O–H groups in total. The molecule has 8 nitrogen and oxygen atoms in total. The van der Waals surface area contributed by atoms with Crippen LogP contribution in [-0.4, -0.2) is 33.5 Å². The van der Waals surface area contributed by atoms with Crippen molar-refractivity contribution in [1.82, 2.24) is 10.2 Å². The minimum atomic E-state index is -0.184. The maximum Gasteiger partial charge on any atom is 0.235 e. The standard InChI is InChI=1S/C24H22N6O2S5/c25-9-15-13-5-1-3-7-17(13)35-21(15)27-19(31)11-33-23-29-30-24(37-23)34-12-20(32)28-22-16(10-26)14-6-2-4-8-18(14)36-22/h1-8,11-12H2,(H,27,31)(H,28,32). The van der Waals surface area contributed by atoms with E-state index < -0.39 is 0 Å². The van der Waals surface area contributed by atoms with Crippen LogP contribution in [0.3, 0.4) is 0 Å². The summed E-state index contributed by atoms with van der Waals surface area (Å²) in [7, 11) is 0. The quantitative estimate of drug-likeness (QED) is 0.325. The minimum Gasteiger partial charge on any atom is -0.316 e. The topological polar surface area (TPSA) is 132 Å². The van der Waals surface area contributed by atoms with Crippen LogP contribution in [0.2, 0.25) is 0 Å². The zero-order valence-electron chi connectivity index (χ0n) is 19.7. The van der Waals surface area contributed by atoms with E-state index in [2.05, 4.69) is 33.0 Å². The summed E-state index contributed by atoms with van der Waals surface area (Å²) in [6.07, 6.45) is 8.15. The Hall–Kier alpha value is -2.42. The van der Waals surface area contributed by atoms with Gasteiger partial charge in [-0.15, -0.1) is 32.9 Å². The molecule has 0 saturated heterocycles. The van der Waals surface area contributed by atoms with Crippen molar-refractivity contribution in [1.29, 1.82) is 10.5 Å². The first kappa shape index (κ1) is 26.2. The average Bonchev–Trinajstić information content (AvgIpc) is 3.60. The van der Waals surface area contributed by atoms with Crippen LogP contribution in [0.5, 0.6) is 0 Å². The number of aryl methyl sites for hydroxylation is 2. The number of thiophene rings is 2. The molecule has 0 fully saturated rings. The molecule has 2 aliphatic rings. The van der Waals surface area contributed by atoms with Gasteiger partial charge in [0.15, 0.2) is 8.68 Å². The van der Waals surface area contributed by atoms with Gasteiger partial charge in [-0.1, -0.05) is 34.9 Å². The Morgan fingerprint density at radius 1 is 0.730 bits per heavy atom. The van der Waals surface area contributed by atoms with E-state index in [0.29, 0.717) is 29.8 Å². The van der Waals surface area contributed by atoms with Crippen molar-refractivity contribution in [3.05, 3.63) is 32.0 Å². The lowest BCUT2D eigenvalue weighted by Crippen LogP contribution is -2.14. The van der Waals surface area contributed by atoms with E-state index in [4.69, 9.17) is 0 Å². The summed E-state index contributed by atoms with van der Waals surface area (Å²) in [4.78, 5) is 27.5. The largest absolute Gasteiger partial charge is 0.316 e. The Balaban J connectivity index is 1.10. The molecular formula is C24H22N6O2S5. The molecular weight excluding hydrogens is 565 g/mol. The highest BCUT2D eigenvalue weighted by molar-refractivity contribution is 8.03. The van der Waals surface area contributed by atoms with E-state index in [1.807, 2.05) is 0 Å². The van der Waals surface area contributed by atoms with Crippen molar-refractivity contribution in [3.8, 4) is 12.1 Å². The molecule has 3 aromatic heterocycles. The second-order valence-electron chi connectivity index (χ2n) is 8.56. The molecule has 0 bridgehead atoms. The summed E-state index contributed by atoms with van der Waals surface area (Å²) < 4.78 is 1.28. The third-order valence-electron chi connectivity index (χ3n) is 6.11. The van der Waals surface area contributed by atoms with Gasteiger partial charge < -0.3 is 10.6 Å². The number of rotatable bonds is 8. The van der Waals surface area contributed by atoms with E-state index in [9.17, 15) is 20.1 Å². The van der Waals surface area contributed by atoms with Gasteiger partial charge >= 0.3 is 0 Å². The summed E-state index contributed by atoms with van der Waals surface area (Å²) in [5.41, 5.74) is 3.41. The van der Waals surface area contributed by atoms with Crippen molar-refractivity contribution in [2.24, 2.45) is 0 Å². The first-order valence-corrected chi connectivity index (χ1v) is 16.3. The molecule has 190 valence electrons. The monoisotopic (exact) mass is 586 g/mol. The number of nitriles is 2. The summed E-state index contributed by atoms with van der Waals surface area (Å²) in [6.45, 7) is 0. The summed E-state index contributed by atoms with van der Waals surface area (Å²) in [5.74, 6) is -0.0490. The molecule has 5 rings (SSSR count). The number of hydrogen-bond acceptors (Lipinski definition) is 11. The van der Waals surface area contributed by atoms with Crippen LogP contribution in [0.4, 0.5) is 10.0 Å². The van der Waals surface area contributed by atoms with Crippen LogP contribution < -0.4 is 10.6 Å². The van der Waals surface area contributed by atoms with Crippen LogP contribution in [0, 0.1) is 22.7 Å². The van der Waals surface area contributed by atoms with Crippen molar-refractivity contribution >= 4 is 79.4 Å². The molecule has 0 unspecified atom stereocenters. The lowest BCUT2D eigenvalue weighted by Gasteiger charge is -2.09. The SMILES string of the molecule is N#Cc1c(NC(=O)CSc2nnc(SCC(=O)Nc3sc4c(c3C#N)CCCC4)s2)sc2c1CCCC2. The Morgan fingerprint density at radius 2 is 1.16 bits per heavy atom. The van der Waals surface area contributed by atoms with E-state index in [0.717, 1.165) is 62.5 Å². The molecule has 37 heavy (non-hydrogen) atoms. The van der Waals surface area contributed by atoms with E-state index in [1.165, 1.54) is 67.3 Å². The second-order valence-corrected chi connectivity index (χ2v) is 14.2. The van der Waals surface area contributed by atoms with Crippen molar-refractivity contribution < 1.29 is 9.59 Å². The van der Waals surface area contributed by atoms with Crippen molar-refractivity contribution in [2.75, 3.05) is 22.1 Å². The highest BCUT2D eigenvalue weighted by Gasteiger charge is 2.23. The van der Waals surface area contributed by atoms with Gasteiger partial charge in [-0.2, -0.15) is 10.5 Å². The molecule has 2 aliphatic carbocycles. The van der Waals surface area contributed by atoms with Crippen LogP contribution in [0.25, 0.3) is 0 Å². The molecule has 0 atom stereocenters. The lowest BCUT2D eigenvalue weighted by atomic mass is 9.96. The molecule has 3 aromatic rings. The van der Waals surface area contributed by atoms with Gasteiger partial charge in [-0.3, -0.25) is 9.59 Å². The number of nitrogens with one attached hydrogen (secondary N) is 2. The van der Waals surface area contributed by atoms with Crippen LogP contribution in [0.1, 0.15) is 57.7 Å². The Labute approximate surface area is 234 Å². The zero-order chi connectivity index (χ0) is 25.8. The third kappa shape index (κ3) is 6.02. The molecule has 0 aromatic carbocycles. The maximum atomic E-state index is 12.5. The van der Waals surface area contributed by atoms with E-state index in [1.54, 1.807) is 0 Å². The molecule has 0 saturated carbocycles. The van der Waals surface area contributed by atoms with Gasteiger partial charge in [0.1, 0.15) is 22.1 Å². The normalized spacial score (nSPS) is 14.2. The zero-order valence-corrected chi connectivity index (χ0v) is 23.8. The summed E-state index contributed by atoms with van der Waals surface area (Å²) in [5, 5.41) is 34.5. The number of amides is 2. The molecule has 0 radical (unpaired) electrons. The lowest BCUT2D eigenvalue weighted by molar-refractivity contribution is -0.114. The number of anilines is 2. The second kappa shape index (κ2) is 12.0. The van der Waals surface area contributed by atoms with Crippen LogP contribution in [-0.2, 0) is 35.3 Å². The molecule has 13 heteroatoms. The minimum absolute atomic E-state index is 0.160. The Morgan fingerprint density at radius 3 is 1.59 bits per heavy atom. The van der Waals surface area contributed by atoms with E-state index in [-0.39, 0.29) is 23.3 Å². The molecule has 3 heterocycles. The Kier molecular flexibility index (Phi) is 8.47. The number of fused-ring (bicyclic) bond motifs is 2. The fourth-order valence-electron chi connectivity index (χ4n) is 4.44. The van der Waals surface area contributed by atoms with E-state index >= 15 is 0 Å². The molecule has 0 spiro atoms. The van der Waals surface area contributed by atoms with Gasteiger partial charge in [0.05, 0.1) is 22.6 Å². The number of thioether (sulfide) groups is 2. The third-order valence-corrected chi connectivity index (χ3v) is 11.7. The van der Waals surface area contributed by atoms with Gasteiger partial charge in [0.2, 0.25) is 11.8 Å². The maximum absolute atomic E-state index is 12.5. The van der Waals surface area contributed by atoms with Crippen molar-refractivity contribution in [2.45, 2.75) is 60.0 Å². The summed E-state index contributed by atoms with van der Waals surface area (Å²) in [6, 6.07) is 4.52. The number of carbonyl (C=O) groups excluding carboxylic acids is 2. The number of aromatic nitrogens is 2. The predicted molar refractivity (Wildman–Crippen MR) is 150 cm³/mol. The van der Waals surface area contributed by atoms with Crippen LogP contribution in [0.15, 0.2) is 8.68 Å². The van der Waals surface area contributed by atoms with Crippen molar-refractivity contribution in [3.63, 3.8) is 0 Å². The molecule has 0 aliphatic heterocycles. The summed E-state index contributed by atoms with van der Waals surface area (Å²) >= 11 is 6.92. The number of hydrogen-bond donors (Lipinski definition) is 2. The fraction of sp³-hybridized carbons (Fsp3) is 0.417. The first-order chi connectivity index (χ1) is 18.1. The fourth-order valence-corrected chi connectivity index (χ4v) is 9.57. The van der Waals surface area contributed by atoms with Gasteiger partial charge in [-0.05, 0) is 62.5 Å². The highest BCUT2D eigenvalue weighted by atomic mass is 32.2.